The number of anilines is 1. The number of rotatable bonds is 1. The van der Waals surface area contributed by atoms with Crippen LogP contribution in [-0.2, 0) is 10.0 Å². The van der Waals surface area contributed by atoms with E-state index in [1.165, 1.54) is 6.07 Å². The lowest BCUT2D eigenvalue weighted by Crippen LogP contribution is -2.41. The molecule has 0 bridgehead atoms. The van der Waals surface area contributed by atoms with Gasteiger partial charge < -0.3 is 10.6 Å². The Labute approximate surface area is 88.3 Å². The number of guanidine groups is 1. The molecule has 15 heavy (non-hydrogen) atoms. The van der Waals surface area contributed by atoms with Crippen molar-refractivity contribution in [3.8, 4) is 0 Å². The Balaban J connectivity index is 2.72. The van der Waals surface area contributed by atoms with E-state index in [1.807, 2.05) is 6.92 Å². The maximum absolute atomic E-state index is 11.7. The Hall–Kier alpha value is -1.56. The minimum absolute atomic E-state index is 0.0243. The van der Waals surface area contributed by atoms with Crippen molar-refractivity contribution >= 4 is 21.7 Å². The van der Waals surface area contributed by atoms with Gasteiger partial charge in [-0.3, -0.25) is 0 Å². The van der Waals surface area contributed by atoms with Crippen LogP contribution in [0.5, 0.6) is 0 Å². The lowest BCUT2D eigenvalue weighted by Gasteiger charge is -2.26. The van der Waals surface area contributed by atoms with Crippen LogP contribution in [-0.4, -0.2) is 20.9 Å². The molecule has 1 heterocycles. The van der Waals surface area contributed by atoms with E-state index in [0.717, 1.165) is 0 Å². The molecule has 1 aliphatic heterocycles. The molecule has 80 valence electrons. The van der Waals surface area contributed by atoms with Crippen LogP contribution < -0.4 is 10.6 Å². The number of fused-ring (bicyclic) bond motifs is 1. The van der Waals surface area contributed by atoms with E-state index in [2.05, 4.69) is 4.40 Å². The molecule has 0 unspecified atom stereocenters. The van der Waals surface area contributed by atoms with Crippen molar-refractivity contribution in [2.45, 2.75) is 11.8 Å². The largest absolute Gasteiger partial charge is 0.369 e. The average Bonchev–Trinajstić information content (AvgIpc) is 2.17. The molecule has 1 aromatic rings. The fourth-order valence-corrected chi connectivity index (χ4v) is 2.71. The quantitative estimate of drug-likeness (QED) is 0.756. The zero-order valence-corrected chi connectivity index (χ0v) is 9.03. The summed E-state index contributed by atoms with van der Waals surface area (Å²) in [5, 5.41) is 0. The predicted molar refractivity (Wildman–Crippen MR) is 58.3 cm³/mol. The number of hydrogen-bond donors (Lipinski definition) is 1. The summed E-state index contributed by atoms with van der Waals surface area (Å²) >= 11 is 0. The number of benzene rings is 1. The summed E-state index contributed by atoms with van der Waals surface area (Å²) in [5.74, 6) is 0.0243. The molecule has 2 rings (SSSR count). The number of para-hydroxylation sites is 1. The maximum Gasteiger partial charge on any atom is 0.287 e. The van der Waals surface area contributed by atoms with Gasteiger partial charge in [0.15, 0.2) is 0 Å². The van der Waals surface area contributed by atoms with Crippen LogP contribution in [0.4, 0.5) is 5.69 Å². The molecule has 6 heteroatoms. The van der Waals surface area contributed by atoms with E-state index < -0.39 is 10.0 Å². The van der Waals surface area contributed by atoms with Gasteiger partial charge in [0.2, 0.25) is 5.96 Å². The third-order valence-corrected chi connectivity index (χ3v) is 3.57. The van der Waals surface area contributed by atoms with Crippen LogP contribution in [0, 0.1) is 0 Å². The lowest BCUT2D eigenvalue weighted by molar-refractivity contribution is 0.596. The average molecular weight is 225 g/mol. The van der Waals surface area contributed by atoms with Gasteiger partial charge in [-0.05, 0) is 19.1 Å². The Morgan fingerprint density at radius 2 is 2.07 bits per heavy atom. The van der Waals surface area contributed by atoms with Gasteiger partial charge in [0.25, 0.3) is 10.0 Å². The van der Waals surface area contributed by atoms with Crippen molar-refractivity contribution in [3.05, 3.63) is 24.3 Å². The van der Waals surface area contributed by atoms with Gasteiger partial charge in [-0.1, -0.05) is 12.1 Å². The highest BCUT2D eigenvalue weighted by molar-refractivity contribution is 7.90. The molecule has 0 aromatic heterocycles. The monoisotopic (exact) mass is 225 g/mol. The third kappa shape index (κ3) is 1.46. The number of sulfonamides is 1. The van der Waals surface area contributed by atoms with Crippen LogP contribution in [0.2, 0.25) is 0 Å². The number of nitrogens with two attached hydrogens (primary N) is 1. The van der Waals surface area contributed by atoms with Gasteiger partial charge in [-0.2, -0.15) is 8.42 Å². The van der Waals surface area contributed by atoms with Gasteiger partial charge in [0.05, 0.1) is 5.69 Å². The molecule has 0 aliphatic carbocycles. The first-order valence-electron chi connectivity index (χ1n) is 4.53. The van der Waals surface area contributed by atoms with Crippen LogP contribution >= 0.6 is 0 Å². The van der Waals surface area contributed by atoms with Gasteiger partial charge >= 0.3 is 0 Å². The second-order valence-corrected chi connectivity index (χ2v) is 4.71. The summed E-state index contributed by atoms with van der Waals surface area (Å²) in [6.45, 7) is 2.47. The van der Waals surface area contributed by atoms with E-state index in [0.29, 0.717) is 12.2 Å². The van der Waals surface area contributed by atoms with Crippen molar-refractivity contribution in [2.24, 2.45) is 10.1 Å². The number of nitrogens with zero attached hydrogens (tertiary/aromatic N) is 2. The molecule has 2 N–H and O–H groups in total. The standard InChI is InChI=1S/C9H11N3O2S/c1-2-12-7-5-3-4-6-8(7)15(13,14)11-9(12)10/h3-6H,2H2,1H3,(H2,10,11). The molecular formula is C9H11N3O2S. The molecule has 5 nitrogen and oxygen atoms in total. The fraction of sp³-hybridized carbons (Fsp3) is 0.222. The molecule has 1 aromatic carbocycles. The van der Waals surface area contributed by atoms with E-state index in [-0.39, 0.29) is 10.9 Å². The van der Waals surface area contributed by atoms with Gasteiger partial charge in [-0.15, -0.1) is 4.40 Å². The summed E-state index contributed by atoms with van der Waals surface area (Å²) in [6.07, 6.45) is 0. The molecule has 0 fully saturated rings. The molecule has 0 radical (unpaired) electrons. The highest BCUT2D eigenvalue weighted by atomic mass is 32.2. The predicted octanol–water partition coefficient (Wildman–Crippen LogP) is 0.530. The van der Waals surface area contributed by atoms with Crippen LogP contribution in [0.25, 0.3) is 0 Å². The summed E-state index contributed by atoms with van der Waals surface area (Å²) in [5.41, 5.74) is 6.17. The molecular weight excluding hydrogens is 214 g/mol. The minimum Gasteiger partial charge on any atom is -0.369 e. The van der Waals surface area contributed by atoms with Gasteiger partial charge in [-0.25, -0.2) is 0 Å². The molecule has 1 aliphatic rings. The van der Waals surface area contributed by atoms with Crippen LogP contribution in [0.3, 0.4) is 0 Å². The Morgan fingerprint density at radius 3 is 2.73 bits per heavy atom. The zero-order chi connectivity index (χ0) is 11.1. The summed E-state index contributed by atoms with van der Waals surface area (Å²) < 4.78 is 26.8. The highest BCUT2D eigenvalue weighted by Gasteiger charge is 2.27. The molecule has 0 amide bonds. The number of hydrogen-bond acceptors (Lipinski definition) is 4. The highest BCUT2D eigenvalue weighted by Crippen LogP contribution is 2.29. The van der Waals surface area contributed by atoms with Crippen LogP contribution in [0.15, 0.2) is 33.6 Å². The molecule has 0 saturated heterocycles. The summed E-state index contributed by atoms with van der Waals surface area (Å²) in [4.78, 5) is 1.87. The smallest absolute Gasteiger partial charge is 0.287 e. The normalized spacial score (nSPS) is 18.2. The zero-order valence-electron chi connectivity index (χ0n) is 8.21. The molecule has 0 spiro atoms. The van der Waals surface area contributed by atoms with Gasteiger partial charge in [0.1, 0.15) is 4.90 Å². The Bertz CT molecular complexity index is 522. The summed E-state index contributed by atoms with van der Waals surface area (Å²) in [6, 6.07) is 6.69. The van der Waals surface area contributed by atoms with E-state index >= 15 is 0 Å². The first-order chi connectivity index (χ1) is 7.06. The topological polar surface area (TPSA) is 75.8 Å². The molecule has 0 atom stereocenters. The van der Waals surface area contributed by atoms with E-state index in [4.69, 9.17) is 5.73 Å². The Morgan fingerprint density at radius 1 is 1.40 bits per heavy atom. The summed E-state index contributed by atoms with van der Waals surface area (Å²) in [7, 11) is -3.61. The van der Waals surface area contributed by atoms with Gasteiger partial charge in [0, 0.05) is 6.54 Å². The van der Waals surface area contributed by atoms with E-state index in [1.54, 1.807) is 23.1 Å². The SMILES string of the molecule is CCN1C(N)=NS(=O)(=O)c2ccccc21. The second kappa shape index (κ2) is 3.23. The molecule has 0 saturated carbocycles. The second-order valence-electron chi connectivity index (χ2n) is 3.14. The van der Waals surface area contributed by atoms with Crippen molar-refractivity contribution in [3.63, 3.8) is 0 Å². The minimum atomic E-state index is -3.61. The maximum atomic E-state index is 11.7. The lowest BCUT2D eigenvalue weighted by atomic mass is 10.3. The first-order valence-corrected chi connectivity index (χ1v) is 5.97. The van der Waals surface area contributed by atoms with Crippen LogP contribution in [0.1, 0.15) is 6.92 Å². The Kier molecular flexibility index (Phi) is 2.15. The fourth-order valence-electron chi connectivity index (χ4n) is 1.58. The first kappa shape index (κ1) is 9.97. The van der Waals surface area contributed by atoms with Crippen molar-refractivity contribution in [1.29, 1.82) is 0 Å². The van der Waals surface area contributed by atoms with Crippen molar-refractivity contribution in [2.75, 3.05) is 11.4 Å². The van der Waals surface area contributed by atoms with E-state index in [9.17, 15) is 8.42 Å². The van der Waals surface area contributed by atoms with Crippen molar-refractivity contribution < 1.29 is 8.42 Å². The van der Waals surface area contributed by atoms with Crippen molar-refractivity contribution in [1.82, 2.24) is 0 Å². The third-order valence-electron chi connectivity index (χ3n) is 2.24.